The Morgan fingerprint density at radius 1 is 1.48 bits per heavy atom. The minimum atomic E-state index is -1.07. The molecule has 0 unspecified atom stereocenters. The third-order valence-corrected chi connectivity index (χ3v) is 3.06. The molecule has 0 bridgehead atoms. The van der Waals surface area contributed by atoms with Gasteiger partial charge in [0.25, 0.3) is 11.8 Å². The highest BCUT2D eigenvalue weighted by atomic mass is 16.5. The van der Waals surface area contributed by atoms with Gasteiger partial charge in [-0.05, 0) is 24.6 Å². The topological polar surface area (TPSA) is 105 Å². The molecule has 2 rings (SSSR count). The Hall–Kier alpha value is -2.57. The van der Waals surface area contributed by atoms with Crippen molar-refractivity contribution < 1.29 is 24.2 Å². The number of carboxylic acid groups (broad SMARTS) is 1. The Morgan fingerprint density at radius 3 is 2.90 bits per heavy atom. The number of ether oxygens (including phenoxy) is 1. The molecular formula is C14H16N2O5. The van der Waals surface area contributed by atoms with Crippen molar-refractivity contribution in [3.8, 4) is 5.75 Å². The van der Waals surface area contributed by atoms with Crippen molar-refractivity contribution >= 4 is 23.5 Å². The van der Waals surface area contributed by atoms with Gasteiger partial charge in [-0.1, -0.05) is 13.3 Å². The molecule has 1 aliphatic rings. The molecule has 3 N–H and O–H groups in total. The summed E-state index contributed by atoms with van der Waals surface area (Å²) in [5, 5.41) is 14.1. The molecule has 0 fully saturated rings. The number of hydrogen-bond acceptors (Lipinski definition) is 4. The van der Waals surface area contributed by atoms with Crippen molar-refractivity contribution in [1.82, 2.24) is 5.32 Å². The van der Waals surface area contributed by atoms with Crippen LogP contribution in [0.1, 0.15) is 30.1 Å². The van der Waals surface area contributed by atoms with Crippen LogP contribution in [0.25, 0.3) is 0 Å². The number of hydrogen-bond donors (Lipinski definition) is 3. The summed E-state index contributed by atoms with van der Waals surface area (Å²) in [6.45, 7) is 1.78. The lowest BCUT2D eigenvalue weighted by Gasteiger charge is -2.19. The molecule has 112 valence electrons. The van der Waals surface area contributed by atoms with E-state index in [9.17, 15) is 14.4 Å². The molecule has 0 aliphatic carbocycles. The lowest BCUT2D eigenvalue weighted by Crippen LogP contribution is -2.40. The van der Waals surface area contributed by atoms with E-state index in [1.54, 1.807) is 6.07 Å². The first-order chi connectivity index (χ1) is 10.0. The van der Waals surface area contributed by atoms with Gasteiger partial charge in [-0.15, -0.1) is 0 Å². The van der Waals surface area contributed by atoms with Crippen LogP contribution in [0.15, 0.2) is 18.2 Å². The number of aliphatic carboxylic acids is 1. The van der Waals surface area contributed by atoms with E-state index >= 15 is 0 Å². The van der Waals surface area contributed by atoms with Crippen LogP contribution in [0, 0.1) is 0 Å². The minimum absolute atomic E-state index is 0.0594. The number of rotatable bonds is 5. The van der Waals surface area contributed by atoms with Gasteiger partial charge in [-0.3, -0.25) is 9.59 Å². The van der Waals surface area contributed by atoms with E-state index in [1.807, 2.05) is 6.92 Å². The molecule has 1 atom stereocenters. The van der Waals surface area contributed by atoms with Crippen molar-refractivity contribution in [3.63, 3.8) is 0 Å². The quantitative estimate of drug-likeness (QED) is 0.751. The second-order valence-corrected chi connectivity index (χ2v) is 4.70. The predicted molar refractivity (Wildman–Crippen MR) is 74.4 cm³/mol. The van der Waals surface area contributed by atoms with E-state index in [4.69, 9.17) is 9.84 Å². The van der Waals surface area contributed by atoms with E-state index in [0.717, 1.165) is 0 Å². The molecule has 0 spiro atoms. The number of amides is 2. The number of carbonyl (C=O) groups excluding carboxylic acids is 2. The molecule has 1 aromatic carbocycles. The maximum Gasteiger partial charge on any atom is 0.326 e. The third-order valence-electron chi connectivity index (χ3n) is 3.06. The van der Waals surface area contributed by atoms with Crippen LogP contribution >= 0.6 is 0 Å². The van der Waals surface area contributed by atoms with E-state index in [-0.39, 0.29) is 18.1 Å². The van der Waals surface area contributed by atoms with E-state index in [1.165, 1.54) is 12.1 Å². The summed E-state index contributed by atoms with van der Waals surface area (Å²) in [4.78, 5) is 34.4. The Labute approximate surface area is 121 Å². The van der Waals surface area contributed by atoms with Gasteiger partial charge in [-0.2, -0.15) is 0 Å². The van der Waals surface area contributed by atoms with Gasteiger partial charge >= 0.3 is 5.97 Å². The van der Waals surface area contributed by atoms with E-state index in [0.29, 0.717) is 24.3 Å². The molecule has 0 aromatic heterocycles. The number of fused-ring (bicyclic) bond motifs is 1. The molecule has 7 heteroatoms. The molecule has 0 saturated carbocycles. The SMILES string of the molecule is CCC[C@H](NC(=O)c1ccc2c(c1)NC(=O)CO2)C(=O)O. The van der Waals surface area contributed by atoms with Crippen molar-refractivity contribution in [2.24, 2.45) is 0 Å². The van der Waals surface area contributed by atoms with Gasteiger partial charge < -0.3 is 20.5 Å². The Balaban J connectivity index is 2.14. The molecule has 21 heavy (non-hydrogen) atoms. The van der Waals surface area contributed by atoms with Crippen LogP contribution in [0.5, 0.6) is 5.75 Å². The highest BCUT2D eigenvalue weighted by Crippen LogP contribution is 2.28. The van der Waals surface area contributed by atoms with Crippen LogP contribution in [-0.2, 0) is 9.59 Å². The molecule has 2 amide bonds. The summed E-state index contributed by atoms with van der Waals surface area (Å²) < 4.78 is 5.19. The van der Waals surface area contributed by atoms with Gasteiger partial charge in [-0.25, -0.2) is 4.79 Å². The fraction of sp³-hybridized carbons (Fsp3) is 0.357. The van der Waals surface area contributed by atoms with E-state index in [2.05, 4.69) is 10.6 Å². The smallest absolute Gasteiger partial charge is 0.326 e. The zero-order chi connectivity index (χ0) is 15.4. The van der Waals surface area contributed by atoms with Gasteiger partial charge in [0.05, 0.1) is 5.69 Å². The minimum Gasteiger partial charge on any atom is -0.482 e. The van der Waals surface area contributed by atoms with Gasteiger partial charge in [0.1, 0.15) is 11.8 Å². The third kappa shape index (κ3) is 3.50. The normalized spacial score (nSPS) is 14.4. The number of carboxylic acids is 1. The average Bonchev–Trinajstić information content (AvgIpc) is 2.45. The Kier molecular flexibility index (Phi) is 4.42. The number of benzene rings is 1. The van der Waals surface area contributed by atoms with Crippen LogP contribution < -0.4 is 15.4 Å². The molecule has 1 heterocycles. The summed E-state index contributed by atoms with van der Waals surface area (Å²) in [6.07, 6.45) is 0.997. The largest absolute Gasteiger partial charge is 0.482 e. The highest BCUT2D eigenvalue weighted by Gasteiger charge is 2.22. The van der Waals surface area contributed by atoms with Crippen LogP contribution in [-0.4, -0.2) is 35.5 Å². The maximum absolute atomic E-state index is 12.1. The first-order valence-corrected chi connectivity index (χ1v) is 6.61. The average molecular weight is 292 g/mol. The first kappa shape index (κ1) is 14.8. The Bertz CT molecular complexity index is 585. The summed E-state index contributed by atoms with van der Waals surface area (Å²) in [5.41, 5.74) is 0.670. The summed E-state index contributed by atoms with van der Waals surface area (Å²) in [7, 11) is 0. The number of carbonyl (C=O) groups is 3. The zero-order valence-corrected chi connectivity index (χ0v) is 11.5. The summed E-state index contributed by atoms with van der Waals surface area (Å²) in [5.74, 6) is -1.39. The lowest BCUT2D eigenvalue weighted by molar-refractivity contribution is -0.139. The summed E-state index contributed by atoms with van der Waals surface area (Å²) in [6, 6.07) is 3.63. The second kappa shape index (κ2) is 6.25. The standard InChI is InChI=1S/C14H16N2O5/c1-2-3-9(14(19)20)16-13(18)8-4-5-11-10(6-8)15-12(17)7-21-11/h4-6,9H,2-3,7H2,1H3,(H,15,17)(H,16,18)(H,19,20)/t9-/m0/s1. The molecule has 7 nitrogen and oxygen atoms in total. The van der Waals surface area contributed by atoms with Crippen LogP contribution in [0.3, 0.4) is 0 Å². The van der Waals surface area contributed by atoms with Gasteiger partial charge in [0.15, 0.2) is 6.61 Å². The second-order valence-electron chi connectivity index (χ2n) is 4.70. The van der Waals surface area contributed by atoms with Crippen molar-refractivity contribution in [3.05, 3.63) is 23.8 Å². The number of nitrogens with one attached hydrogen (secondary N) is 2. The highest BCUT2D eigenvalue weighted by molar-refractivity contribution is 6.00. The predicted octanol–water partition coefficient (Wildman–Crippen LogP) is 1.00. The van der Waals surface area contributed by atoms with Crippen molar-refractivity contribution in [2.75, 3.05) is 11.9 Å². The molecular weight excluding hydrogens is 276 g/mol. The fourth-order valence-electron chi connectivity index (χ4n) is 2.01. The zero-order valence-electron chi connectivity index (χ0n) is 11.5. The van der Waals surface area contributed by atoms with Crippen molar-refractivity contribution in [1.29, 1.82) is 0 Å². The molecule has 0 radical (unpaired) electrons. The van der Waals surface area contributed by atoms with E-state index < -0.39 is 17.9 Å². The summed E-state index contributed by atoms with van der Waals surface area (Å²) >= 11 is 0. The molecule has 1 aromatic rings. The van der Waals surface area contributed by atoms with Gasteiger partial charge in [0.2, 0.25) is 0 Å². The monoisotopic (exact) mass is 292 g/mol. The van der Waals surface area contributed by atoms with Crippen LogP contribution in [0.2, 0.25) is 0 Å². The number of anilines is 1. The Morgan fingerprint density at radius 2 is 2.24 bits per heavy atom. The molecule has 0 saturated heterocycles. The van der Waals surface area contributed by atoms with Crippen LogP contribution in [0.4, 0.5) is 5.69 Å². The molecule has 1 aliphatic heterocycles. The lowest BCUT2D eigenvalue weighted by atomic mass is 10.1. The maximum atomic E-state index is 12.1. The van der Waals surface area contributed by atoms with Gasteiger partial charge in [0, 0.05) is 5.56 Å². The first-order valence-electron chi connectivity index (χ1n) is 6.61. The fourth-order valence-corrected chi connectivity index (χ4v) is 2.01. The van der Waals surface area contributed by atoms with Crippen molar-refractivity contribution in [2.45, 2.75) is 25.8 Å².